The van der Waals surface area contributed by atoms with Crippen molar-refractivity contribution in [3.63, 3.8) is 0 Å². The van der Waals surface area contributed by atoms with Gasteiger partial charge in [0.1, 0.15) is 11.6 Å². The third-order valence-electron chi connectivity index (χ3n) is 7.04. The zero-order valence-corrected chi connectivity index (χ0v) is 12.5. The molecule has 0 aliphatic heterocycles. The van der Waals surface area contributed by atoms with Crippen molar-refractivity contribution in [1.82, 2.24) is 0 Å². The molecule has 3 rings (SSSR count). The third kappa shape index (κ3) is 1.61. The predicted molar refractivity (Wildman–Crippen MR) is 74.7 cm³/mol. The highest BCUT2D eigenvalue weighted by Crippen LogP contribution is 2.61. The Morgan fingerprint density at radius 2 is 1.68 bits per heavy atom. The van der Waals surface area contributed by atoms with E-state index in [0.717, 1.165) is 44.9 Å². The summed E-state index contributed by atoms with van der Waals surface area (Å²) < 4.78 is 0. The Morgan fingerprint density at radius 1 is 1.00 bits per heavy atom. The minimum atomic E-state index is -0.115. The average Bonchev–Trinajstić information content (AvgIpc) is 2.70. The summed E-state index contributed by atoms with van der Waals surface area (Å²) in [7, 11) is 0. The Morgan fingerprint density at radius 3 is 2.37 bits per heavy atom. The fourth-order valence-corrected chi connectivity index (χ4v) is 5.50. The van der Waals surface area contributed by atoms with Gasteiger partial charge >= 0.3 is 0 Å². The highest BCUT2D eigenvalue weighted by Gasteiger charge is 2.59. The minimum Gasteiger partial charge on any atom is -0.299 e. The average molecular weight is 262 g/mol. The van der Waals surface area contributed by atoms with Crippen LogP contribution < -0.4 is 0 Å². The van der Waals surface area contributed by atoms with Gasteiger partial charge in [-0.3, -0.25) is 9.59 Å². The van der Waals surface area contributed by atoms with Crippen molar-refractivity contribution in [1.29, 1.82) is 0 Å². The van der Waals surface area contributed by atoms with Gasteiger partial charge < -0.3 is 0 Å². The molecule has 0 saturated heterocycles. The van der Waals surface area contributed by atoms with Crippen LogP contribution in [-0.4, -0.2) is 11.6 Å². The predicted octanol–water partition coefficient (Wildman–Crippen LogP) is 3.78. The van der Waals surface area contributed by atoms with Crippen LogP contribution >= 0.6 is 0 Å². The van der Waals surface area contributed by atoms with Gasteiger partial charge in [0.25, 0.3) is 0 Å². The Labute approximate surface area is 116 Å². The van der Waals surface area contributed by atoms with Crippen molar-refractivity contribution < 1.29 is 9.59 Å². The standard InChI is InChI=1S/C17H26O2/c1-4-16(2)13-9-10-17(3)12(6-8-15(17)19)11(13)5-7-14(16)18/h11-13H,4-10H2,1-3H3/t11-,12-,13-,16+,17-/m0/s1. The molecular weight excluding hydrogens is 236 g/mol. The fourth-order valence-electron chi connectivity index (χ4n) is 5.50. The van der Waals surface area contributed by atoms with Crippen molar-refractivity contribution in [3.8, 4) is 0 Å². The summed E-state index contributed by atoms with van der Waals surface area (Å²) in [4.78, 5) is 24.6. The molecule has 19 heavy (non-hydrogen) atoms. The Bertz CT molecular complexity index is 427. The number of ketones is 2. The second-order valence-electron chi connectivity index (χ2n) is 7.53. The van der Waals surface area contributed by atoms with Gasteiger partial charge in [0.05, 0.1) is 0 Å². The molecule has 0 heterocycles. The van der Waals surface area contributed by atoms with Crippen molar-refractivity contribution in [2.75, 3.05) is 0 Å². The van der Waals surface area contributed by atoms with Crippen LogP contribution in [0.1, 0.15) is 65.7 Å². The number of hydrogen-bond donors (Lipinski definition) is 0. The molecule has 0 radical (unpaired) electrons. The van der Waals surface area contributed by atoms with E-state index in [1.54, 1.807) is 0 Å². The van der Waals surface area contributed by atoms with Gasteiger partial charge in [-0.05, 0) is 49.9 Å². The van der Waals surface area contributed by atoms with Gasteiger partial charge in [0.15, 0.2) is 0 Å². The van der Waals surface area contributed by atoms with E-state index in [2.05, 4.69) is 20.8 Å². The number of fused-ring (bicyclic) bond motifs is 3. The molecule has 0 amide bonds. The Hall–Kier alpha value is -0.660. The first-order valence-corrected chi connectivity index (χ1v) is 8.00. The molecule has 3 aliphatic rings. The molecule has 3 aliphatic carbocycles. The van der Waals surface area contributed by atoms with Crippen LogP contribution in [0.15, 0.2) is 0 Å². The van der Waals surface area contributed by atoms with Crippen LogP contribution in [0.2, 0.25) is 0 Å². The first-order valence-electron chi connectivity index (χ1n) is 8.00. The second kappa shape index (κ2) is 4.17. The molecule has 0 aromatic rings. The summed E-state index contributed by atoms with van der Waals surface area (Å²) in [5.74, 6) is 2.67. The van der Waals surface area contributed by atoms with Gasteiger partial charge in [-0.2, -0.15) is 0 Å². The second-order valence-corrected chi connectivity index (χ2v) is 7.53. The molecule has 0 aromatic carbocycles. The van der Waals surface area contributed by atoms with E-state index in [4.69, 9.17) is 0 Å². The molecule has 0 spiro atoms. The van der Waals surface area contributed by atoms with E-state index < -0.39 is 0 Å². The Balaban J connectivity index is 1.95. The van der Waals surface area contributed by atoms with Crippen molar-refractivity contribution in [2.24, 2.45) is 28.6 Å². The first kappa shape index (κ1) is 13.3. The molecule has 3 fully saturated rings. The maximum Gasteiger partial charge on any atom is 0.139 e. The number of Topliss-reactive ketones (excluding diaryl/α,β-unsaturated/α-hetero) is 2. The minimum absolute atomic E-state index is 0.0593. The van der Waals surface area contributed by atoms with Gasteiger partial charge in [-0.25, -0.2) is 0 Å². The lowest BCUT2D eigenvalue weighted by Crippen LogP contribution is -2.52. The summed E-state index contributed by atoms with van der Waals surface area (Å²) in [6.07, 6.45) is 6.69. The van der Waals surface area contributed by atoms with Crippen molar-refractivity contribution >= 4 is 11.6 Å². The summed E-state index contributed by atoms with van der Waals surface area (Å²) in [5.41, 5.74) is -0.175. The zero-order valence-electron chi connectivity index (χ0n) is 12.5. The summed E-state index contributed by atoms with van der Waals surface area (Å²) in [6, 6.07) is 0. The number of rotatable bonds is 1. The lowest BCUT2D eigenvalue weighted by atomic mass is 9.49. The summed E-state index contributed by atoms with van der Waals surface area (Å²) in [6.45, 7) is 6.54. The van der Waals surface area contributed by atoms with Gasteiger partial charge in [-0.15, -0.1) is 0 Å². The van der Waals surface area contributed by atoms with E-state index in [-0.39, 0.29) is 10.8 Å². The highest BCUT2D eigenvalue weighted by molar-refractivity contribution is 5.88. The molecule has 0 unspecified atom stereocenters. The zero-order chi connectivity index (χ0) is 13.8. The largest absolute Gasteiger partial charge is 0.299 e. The summed E-state index contributed by atoms with van der Waals surface area (Å²) in [5, 5.41) is 0. The van der Waals surface area contributed by atoms with Crippen LogP contribution in [0, 0.1) is 28.6 Å². The quantitative estimate of drug-likeness (QED) is 0.720. The smallest absolute Gasteiger partial charge is 0.139 e. The van der Waals surface area contributed by atoms with Gasteiger partial charge in [-0.1, -0.05) is 20.8 Å². The lowest BCUT2D eigenvalue weighted by Gasteiger charge is -2.54. The van der Waals surface area contributed by atoms with Crippen LogP contribution in [0.25, 0.3) is 0 Å². The van der Waals surface area contributed by atoms with Gasteiger partial charge in [0.2, 0.25) is 0 Å². The Kier molecular flexibility index (Phi) is 2.92. The monoisotopic (exact) mass is 262 g/mol. The number of carbonyl (C=O) groups is 2. The molecule has 0 bridgehead atoms. The van der Waals surface area contributed by atoms with Crippen LogP contribution in [0.4, 0.5) is 0 Å². The maximum atomic E-state index is 12.4. The molecular formula is C17H26O2. The maximum absolute atomic E-state index is 12.4. The molecule has 0 N–H and O–H groups in total. The van der Waals surface area contributed by atoms with Crippen molar-refractivity contribution in [2.45, 2.75) is 65.7 Å². The molecule has 2 nitrogen and oxygen atoms in total. The fraction of sp³-hybridized carbons (Fsp3) is 0.882. The molecule has 106 valence electrons. The van der Waals surface area contributed by atoms with E-state index in [9.17, 15) is 9.59 Å². The first-order chi connectivity index (χ1) is 8.93. The van der Waals surface area contributed by atoms with E-state index in [1.165, 1.54) is 0 Å². The van der Waals surface area contributed by atoms with Gasteiger partial charge in [0, 0.05) is 23.7 Å². The topological polar surface area (TPSA) is 34.1 Å². The molecule has 0 aromatic heterocycles. The van der Waals surface area contributed by atoms with Crippen molar-refractivity contribution in [3.05, 3.63) is 0 Å². The van der Waals surface area contributed by atoms with Crippen LogP contribution in [-0.2, 0) is 9.59 Å². The van der Waals surface area contributed by atoms with E-state index >= 15 is 0 Å². The van der Waals surface area contributed by atoms with Crippen LogP contribution in [0.5, 0.6) is 0 Å². The van der Waals surface area contributed by atoms with E-state index in [0.29, 0.717) is 29.3 Å². The highest BCUT2D eigenvalue weighted by atomic mass is 16.1. The molecule has 2 heteroatoms. The number of hydrogen-bond acceptors (Lipinski definition) is 2. The lowest BCUT2D eigenvalue weighted by molar-refractivity contribution is -0.147. The van der Waals surface area contributed by atoms with E-state index in [1.807, 2.05) is 0 Å². The SMILES string of the molecule is CC[C@@]1(C)C(=O)CC[C@@H]2[C@@H]1CC[C@]1(C)C(=O)CC[C@@H]21. The molecule has 3 saturated carbocycles. The molecule has 5 atom stereocenters. The summed E-state index contributed by atoms with van der Waals surface area (Å²) >= 11 is 0. The third-order valence-corrected chi connectivity index (χ3v) is 7.04. The van der Waals surface area contributed by atoms with Crippen LogP contribution in [0.3, 0.4) is 0 Å². The normalized spacial score (nSPS) is 49.9. The number of carbonyl (C=O) groups excluding carboxylic acids is 2.